The Bertz CT molecular complexity index is 102. The van der Waals surface area contributed by atoms with Crippen molar-refractivity contribution in [2.75, 3.05) is 0 Å². The fourth-order valence-corrected chi connectivity index (χ4v) is 0.114. The molecule has 7 heavy (non-hydrogen) atoms. The van der Waals surface area contributed by atoms with Gasteiger partial charge in [-0.05, 0) is 6.92 Å². The van der Waals surface area contributed by atoms with Crippen LogP contribution in [0, 0.1) is 5.41 Å². The third-order valence-electron chi connectivity index (χ3n) is 0.503. The molecule has 0 unspecified atom stereocenters. The fourth-order valence-electron chi connectivity index (χ4n) is 0.114. The van der Waals surface area contributed by atoms with Gasteiger partial charge >= 0.3 is 0 Å². The molecule has 0 spiro atoms. The molecule has 0 aromatic carbocycles. The molecule has 0 aromatic heterocycles. The number of nitrogens with one attached hydrogen (secondary N) is 1. The van der Waals surface area contributed by atoms with Crippen molar-refractivity contribution in [1.29, 1.82) is 5.41 Å². The second-order valence-electron chi connectivity index (χ2n) is 1.18. The third kappa shape index (κ3) is 1.92. The maximum absolute atomic E-state index is 11.8. The predicted molar refractivity (Wildman–Crippen MR) is 26.8 cm³/mol. The Morgan fingerprint density at radius 3 is 2.29 bits per heavy atom. The Labute approximate surface area is 41.3 Å². The molecule has 0 bridgehead atoms. The lowest BCUT2D eigenvalue weighted by atomic mass is 10.4. The van der Waals surface area contributed by atoms with Crippen molar-refractivity contribution in [2.24, 2.45) is 5.73 Å². The van der Waals surface area contributed by atoms with Gasteiger partial charge in [0.25, 0.3) is 0 Å². The monoisotopic (exact) mass is 102 g/mol. The summed E-state index contributed by atoms with van der Waals surface area (Å²) >= 11 is 0. The van der Waals surface area contributed by atoms with Crippen LogP contribution in [0.2, 0.25) is 0 Å². The van der Waals surface area contributed by atoms with Gasteiger partial charge in [-0.1, -0.05) is 0 Å². The van der Waals surface area contributed by atoms with Gasteiger partial charge in [0.15, 0.2) is 5.83 Å². The summed E-state index contributed by atoms with van der Waals surface area (Å²) in [6.07, 6.45) is 0.579. The molecule has 2 nitrogen and oxygen atoms in total. The molecule has 0 heterocycles. The Hall–Kier alpha value is -0.860. The van der Waals surface area contributed by atoms with Gasteiger partial charge in [-0.15, -0.1) is 0 Å². The first kappa shape index (κ1) is 6.14. The van der Waals surface area contributed by atoms with Crippen LogP contribution in [0.25, 0.3) is 0 Å². The van der Waals surface area contributed by atoms with Gasteiger partial charge in [-0.25, -0.2) is 4.39 Å². The summed E-state index contributed by atoms with van der Waals surface area (Å²) in [6, 6.07) is 0. The van der Waals surface area contributed by atoms with E-state index in [2.05, 4.69) is 0 Å². The van der Waals surface area contributed by atoms with E-state index in [1.165, 1.54) is 6.92 Å². The number of rotatable bonds is 1. The highest BCUT2D eigenvalue weighted by molar-refractivity contribution is 5.73. The second kappa shape index (κ2) is 2.34. The highest BCUT2D eigenvalue weighted by atomic mass is 19.1. The number of hydrogen-bond acceptors (Lipinski definition) is 2. The molecule has 0 aromatic rings. The van der Waals surface area contributed by atoms with Crippen molar-refractivity contribution >= 4 is 6.21 Å². The summed E-state index contributed by atoms with van der Waals surface area (Å²) in [5.74, 6) is -0.667. The van der Waals surface area contributed by atoms with Crippen LogP contribution in [0.15, 0.2) is 11.5 Å². The van der Waals surface area contributed by atoms with Crippen molar-refractivity contribution < 1.29 is 4.39 Å². The minimum absolute atomic E-state index is 0.0509. The third-order valence-corrected chi connectivity index (χ3v) is 0.503. The molecule has 0 amide bonds. The minimum Gasteiger partial charge on any atom is -0.400 e. The Morgan fingerprint density at radius 2 is 2.29 bits per heavy atom. The normalized spacial score (nSPS) is 12.9. The van der Waals surface area contributed by atoms with E-state index >= 15 is 0 Å². The minimum atomic E-state index is -0.667. The maximum atomic E-state index is 11.8. The lowest BCUT2D eigenvalue weighted by molar-refractivity contribution is 0.671. The van der Waals surface area contributed by atoms with E-state index in [9.17, 15) is 4.39 Å². The molecular weight excluding hydrogens is 95.1 g/mol. The van der Waals surface area contributed by atoms with Gasteiger partial charge in [-0.2, -0.15) is 0 Å². The number of nitrogens with two attached hydrogens (primary N) is 1. The summed E-state index contributed by atoms with van der Waals surface area (Å²) in [6.45, 7) is 1.40. The van der Waals surface area contributed by atoms with Crippen LogP contribution in [0.4, 0.5) is 4.39 Å². The average Bonchev–Trinajstić information content (AvgIpc) is 1.65. The zero-order valence-electron chi connectivity index (χ0n) is 4.03. The quantitative estimate of drug-likeness (QED) is 0.472. The Morgan fingerprint density at radius 1 is 1.86 bits per heavy atom. The SMILES string of the molecule is CC(N)=C(F)C=N. The van der Waals surface area contributed by atoms with Gasteiger partial charge in [0.1, 0.15) is 0 Å². The summed E-state index contributed by atoms with van der Waals surface area (Å²) in [7, 11) is 0. The fraction of sp³-hybridized carbons (Fsp3) is 0.250. The molecule has 0 aliphatic carbocycles. The van der Waals surface area contributed by atoms with Crippen LogP contribution in [-0.2, 0) is 0 Å². The van der Waals surface area contributed by atoms with Gasteiger partial charge in [-0.3, -0.25) is 0 Å². The summed E-state index contributed by atoms with van der Waals surface area (Å²) in [4.78, 5) is 0. The number of allylic oxidation sites excluding steroid dienone is 2. The van der Waals surface area contributed by atoms with Crippen LogP contribution in [0.1, 0.15) is 6.92 Å². The molecule has 0 aliphatic rings. The summed E-state index contributed by atoms with van der Waals surface area (Å²) in [5.41, 5.74) is 4.95. The maximum Gasteiger partial charge on any atom is 0.159 e. The molecule has 3 N–H and O–H groups in total. The molecule has 0 atom stereocenters. The first-order valence-electron chi connectivity index (χ1n) is 1.81. The number of halogens is 1. The zero-order valence-corrected chi connectivity index (χ0v) is 4.03. The first-order valence-corrected chi connectivity index (χ1v) is 1.81. The highest BCUT2D eigenvalue weighted by Crippen LogP contribution is 1.92. The lowest BCUT2D eigenvalue weighted by Crippen LogP contribution is -1.94. The van der Waals surface area contributed by atoms with Gasteiger partial charge in [0.2, 0.25) is 0 Å². The van der Waals surface area contributed by atoms with E-state index in [0.29, 0.717) is 6.21 Å². The second-order valence-corrected chi connectivity index (χ2v) is 1.18. The van der Waals surface area contributed by atoms with Gasteiger partial charge in [0.05, 0.1) is 6.21 Å². The first-order chi connectivity index (χ1) is 3.18. The van der Waals surface area contributed by atoms with E-state index in [1.54, 1.807) is 0 Å². The summed E-state index contributed by atoms with van der Waals surface area (Å²) in [5, 5.41) is 6.30. The van der Waals surface area contributed by atoms with E-state index in [4.69, 9.17) is 11.1 Å². The zero-order chi connectivity index (χ0) is 5.86. The van der Waals surface area contributed by atoms with Crippen molar-refractivity contribution in [1.82, 2.24) is 0 Å². The van der Waals surface area contributed by atoms with E-state index < -0.39 is 5.83 Å². The standard InChI is InChI=1S/C4H7FN2/c1-3(7)4(5)2-6/h2,6H,7H2,1H3. The summed E-state index contributed by atoms with van der Waals surface area (Å²) < 4.78 is 11.8. The Balaban J connectivity index is 3.98. The van der Waals surface area contributed by atoms with Crippen LogP contribution >= 0.6 is 0 Å². The average molecular weight is 102 g/mol. The van der Waals surface area contributed by atoms with E-state index in [0.717, 1.165) is 0 Å². The van der Waals surface area contributed by atoms with E-state index in [1.807, 2.05) is 0 Å². The van der Waals surface area contributed by atoms with Crippen LogP contribution in [-0.4, -0.2) is 6.21 Å². The highest BCUT2D eigenvalue weighted by Gasteiger charge is 1.87. The molecule has 0 saturated heterocycles. The van der Waals surface area contributed by atoms with Crippen LogP contribution in [0.3, 0.4) is 0 Å². The molecule has 0 fully saturated rings. The molecule has 0 saturated carbocycles. The Kier molecular flexibility index (Phi) is 2.05. The molecule has 0 aliphatic heterocycles. The van der Waals surface area contributed by atoms with Crippen molar-refractivity contribution in [2.45, 2.75) is 6.92 Å². The van der Waals surface area contributed by atoms with Crippen LogP contribution in [0.5, 0.6) is 0 Å². The van der Waals surface area contributed by atoms with Crippen LogP contribution < -0.4 is 5.73 Å². The smallest absolute Gasteiger partial charge is 0.159 e. The number of hydrogen-bond donors (Lipinski definition) is 2. The largest absolute Gasteiger partial charge is 0.400 e. The molecule has 3 heteroatoms. The topological polar surface area (TPSA) is 49.9 Å². The molecule has 0 rings (SSSR count). The molecule has 40 valence electrons. The predicted octanol–water partition coefficient (Wildman–Crippen LogP) is 0.796. The van der Waals surface area contributed by atoms with Crippen molar-refractivity contribution in [3.63, 3.8) is 0 Å². The van der Waals surface area contributed by atoms with Gasteiger partial charge < -0.3 is 11.1 Å². The van der Waals surface area contributed by atoms with Crippen molar-refractivity contribution in [3.05, 3.63) is 11.5 Å². The lowest BCUT2D eigenvalue weighted by Gasteiger charge is -1.85. The van der Waals surface area contributed by atoms with Gasteiger partial charge in [0, 0.05) is 5.70 Å². The molecular formula is C4H7FN2. The molecule has 0 radical (unpaired) electrons. The van der Waals surface area contributed by atoms with Crippen molar-refractivity contribution in [3.8, 4) is 0 Å². The van der Waals surface area contributed by atoms with E-state index in [-0.39, 0.29) is 5.70 Å².